The van der Waals surface area contributed by atoms with Gasteiger partial charge in [-0.15, -0.1) is 0 Å². The maximum absolute atomic E-state index is 12.8. The molecule has 0 radical (unpaired) electrons. The zero-order valence-electron chi connectivity index (χ0n) is 11.8. The highest BCUT2D eigenvalue weighted by molar-refractivity contribution is 5.32. The third-order valence-corrected chi connectivity index (χ3v) is 3.05. The van der Waals surface area contributed by atoms with Crippen LogP contribution < -0.4 is 5.32 Å². The van der Waals surface area contributed by atoms with Gasteiger partial charge in [-0.25, -0.2) is 9.97 Å². The first-order chi connectivity index (χ1) is 9.91. The Kier molecular flexibility index (Phi) is 4.57. The Morgan fingerprint density at radius 1 is 1.24 bits per heavy atom. The Labute approximate surface area is 121 Å². The minimum absolute atomic E-state index is 0.390. The number of hydrogen-bond donors (Lipinski definition) is 1. The normalized spacial score (nSPS) is 13.2. The molecule has 0 saturated carbocycles. The number of rotatable bonds is 4. The quantitative estimate of drug-likeness (QED) is 0.938. The van der Waals surface area contributed by atoms with Crippen LogP contribution in [-0.4, -0.2) is 16.5 Å². The van der Waals surface area contributed by atoms with Crippen LogP contribution in [0.2, 0.25) is 0 Å². The lowest BCUT2D eigenvalue weighted by Gasteiger charge is -2.19. The second-order valence-electron chi connectivity index (χ2n) is 4.64. The van der Waals surface area contributed by atoms with Gasteiger partial charge in [0.15, 0.2) is 0 Å². The van der Waals surface area contributed by atoms with Crippen LogP contribution in [0.15, 0.2) is 36.5 Å². The number of alkyl halides is 3. The van der Waals surface area contributed by atoms with Gasteiger partial charge < -0.3 is 5.32 Å². The molecule has 0 aliphatic rings. The number of nitrogens with one attached hydrogen (secondary N) is 1. The van der Waals surface area contributed by atoms with Crippen molar-refractivity contribution in [1.29, 1.82) is 0 Å². The van der Waals surface area contributed by atoms with E-state index in [9.17, 15) is 13.2 Å². The van der Waals surface area contributed by atoms with Crippen molar-refractivity contribution in [2.75, 3.05) is 6.54 Å². The molecule has 0 bridgehead atoms. The molecule has 1 aromatic heterocycles. The average molecular weight is 295 g/mol. The van der Waals surface area contributed by atoms with Gasteiger partial charge in [-0.2, -0.15) is 13.2 Å². The van der Waals surface area contributed by atoms with E-state index in [4.69, 9.17) is 0 Å². The van der Waals surface area contributed by atoms with E-state index in [1.54, 1.807) is 25.3 Å². The molecule has 21 heavy (non-hydrogen) atoms. The predicted molar refractivity (Wildman–Crippen MR) is 73.7 cm³/mol. The number of aryl methyl sites for hydroxylation is 1. The van der Waals surface area contributed by atoms with Gasteiger partial charge in [-0.1, -0.05) is 19.1 Å². The summed E-state index contributed by atoms with van der Waals surface area (Å²) in [5.74, 6) is 0.586. The largest absolute Gasteiger partial charge is 0.416 e. The van der Waals surface area contributed by atoms with E-state index in [0.717, 1.165) is 12.1 Å². The maximum atomic E-state index is 12.8. The van der Waals surface area contributed by atoms with Gasteiger partial charge in [0.05, 0.1) is 17.3 Å². The van der Waals surface area contributed by atoms with Crippen molar-refractivity contribution < 1.29 is 13.2 Å². The van der Waals surface area contributed by atoms with Crippen molar-refractivity contribution >= 4 is 0 Å². The summed E-state index contributed by atoms with van der Waals surface area (Å²) in [5.41, 5.74) is 0.530. The van der Waals surface area contributed by atoms with Crippen molar-refractivity contribution in [3.8, 4) is 0 Å². The molecule has 1 N–H and O–H groups in total. The number of aromatic nitrogens is 2. The highest BCUT2D eigenvalue weighted by Gasteiger charge is 2.31. The highest BCUT2D eigenvalue weighted by Crippen LogP contribution is 2.31. The Balaban J connectivity index is 2.43. The van der Waals surface area contributed by atoms with Crippen LogP contribution >= 0.6 is 0 Å². The summed E-state index contributed by atoms with van der Waals surface area (Å²) in [6, 6.07) is 6.62. The van der Waals surface area contributed by atoms with Gasteiger partial charge in [-0.05, 0) is 37.2 Å². The predicted octanol–water partition coefficient (Wildman–Crippen LogP) is 3.50. The minimum Gasteiger partial charge on any atom is -0.305 e. The van der Waals surface area contributed by atoms with E-state index in [1.807, 2.05) is 6.92 Å². The molecule has 1 heterocycles. The van der Waals surface area contributed by atoms with Crippen molar-refractivity contribution in [2.45, 2.75) is 26.1 Å². The third kappa shape index (κ3) is 3.78. The number of halogens is 3. The summed E-state index contributed by atoms with van der Waals surface area (Å²) < 4.78 is 38.5. The molecular formula is C15H16F3N3. The molecule has 2 rings (SSSR count). The number of benzene rings is 1. The van der Waals surface area contributed by atoms with Crippen LogP contribution in [-0.2, 0) is 6.18 Å². The highest BCUT2D eigenvalue weighted by atomic mass is 19.4. The van der Waals surface area contributed by atoms with Crippen molar-refractivity contribution in [1.82, 2.24) is 15.3 Å². The fraction of sp³-hybridized carbons (Fsp3) is 0.333. The zero-order valence-corrected chi connectivity index (χ0v) is 11.8. The van der Waals surface area contributed by atoms with Crippen LogP contribution in [0.4, 0.5) is 13.2 Å². The molecule has 112 valence electrons. The summed E-state index contributed by atoms with van der Waals surface area (Å²) >= 11 is 0. The van der Waals surface area contributed by atoms with Crippen molar-refractivity contribution in [3.63, 3.8) is 0 Å². The van der Waals surface area contributed by atoms with Gasteiger partial charge in [0, 0.05) is 6.20 Å². The Morgan fingerprint density at radius 3 is 2.62 bits per heavy atom. The van der Waals surface area contributed by atoms with Gasteiger partial charge in [0.2, 0.25) is 0 Å². The maximum Gasteiger partial charge on any atom is 0.416 e. The van der Waals surface area contributed by atoms with Crippen LogP contribution in [0.1, 0.15) is 35.6 Å². The molecule has 6 heteroatoms. The minimum atomic E-state index is -4.35. The van der Waals surface area contributed by atoms with Gasteiger partial charge in [0.1, 0.15) is 5.82 Å². The molecule has 0 saturated heterocycles. The summed E-state index contributed by atoms with van der Waals surface area (Å²) in [7, 11) is 0. The number of nitrogens with zero attached hydrogens (tertiary/aromatic N) is 2. The van der Waals surface area contributed by atoms with Crippen LogP contribution in [0.3, 0.4) is 0 Å². The van der Waals surface area contributed by atoms with Gasteiger partial charge >= 0.3 is 6.18 Å². The Morgan fingerprint density at radius 2 is 2.00 bits per heavy atom. The van der Waals surface area contributed by atoms with E-state index in [0.29, 0.717) is 23.6 Å². The molecule has 0 aliphatic heterocycles. The fourth-order valence-corrected chi connectivity index (χ4v) is 2.13. The topological polar surface area (TPSA) is 37.8 Å². The van der Waals surface area contributed by atoms with E-state index in [2.05, 4.69) is 15.3 Å². The van der Waals surface area contributed by atoms with Crippen molar-refractivity contribution in [3.05, 3.63) is 59.2 Å². The Bertz CT molecular complexity index is 611. The molecule has 1 aromatic carbocycles. The first kappa shape index (κ1) is 15.4. The third-order valence-electron chi connectivity index (χ3n) is 3.05. The lowest BCUT2D eigenvalue weighted by atomic mass is 10.0. The molecule has 1 atom stereocenters. The molecular weight excluding hydrogens is 279 g/mol. The molecule has 0 amide bonds. The van der Waals surface area contributed by atoms with Crippen LogP contribution in [0.25, 0.3) is 0 Å². The van der Waals surface area contributed by atoms with E-state index >= 15 is 0 Å². The average Bonchev–Trinajstić information content (AvgIpc) is 2.44. The second-order valence-corrected chi connectivity index (χ2v) is 4.64. The second kappa shape index (κ2) is 6.22. The smallest absolute Gasteiger partial charge is 0.305 e. The summed E-state index contributed by atoms with van der Waals surface area (Å²) in [4.78, 5) is 8.32. The van der Waals surface area contributed by atoms with Crippen LogP contribution in [0, 0.1) is 6.92 Å². The zero-order chi connectivity index (χ0) is 15.5. The van der Waals surface area contributed by atoms with E-state index in [-0.39, 0.29) is 6.04 Å². The molecule has 0 spiro atoms. The van der Waals surface area contributed by atoms with Gasteiger partial charge in [0.25, 0.3) is 0 Å². The summed E-state index contributed by atoms with van der Waals surface area (Å²) in [5, 5.41) is 3.16. The molecule has 0 aliphatic carbocycles. The van der Waals surface area contributed by atoms with Gasteiger partial charge in [-0.3, -0.25) is 0 Å². The van der Waals surface area contributed by atoms with E-state index < -0.39 is 11.7 Å². The fourth-order valence-electron chi connectivity index (χ4n) is 2.13. The monoisotopic (exact) mass is 295 g/mol. The first-order valence-electron chi connectivity index (χ1n) is 6.62. The van der Waals surface area contributed by atoms with Crippen LogP contribution in [0.5, 0.6) is 0 Å². The number of hydrogen-bond acceptors (Lipinski definition) is 3. The lowest BCUT2D eigenvalue weighted by molar-refractivity contribution is -0.137. The van der Waals surface area contributed by atoms with E-state index in [1.165, 1.54) is 6.07 Å². The molecule has 2 aromatic rings. The Hall–Kier alpha value is -1.95. The summed E-state index contributed by atoms with van der Waals surface area (Å²) in [6.07, 6.45) is -2.75. The molecule has 3 nitrogen and oxygen atoms in total. The lowest BCUT2D eigenvalue weighted by Crippen LogP contribution is -2.23. The molecule has 1 unspecified atom stereocenters. The van der Waals surface area contributed by atoms with Crippen molar-refractivity contribution in [2.24, 2.45) is 0 Å². The summed E-state index contributed by atoms with van der Waals surface area (Å²) in [6.45, 7) is 4.26. The SMILES string of the molecule is CCNC(c1cccc(C(F)(F)F)c1)c1ccnc(C)n1. The standard InChI is InChI=1S/C15H16F3N3/c1-3-19-14(13-7-8-20-10(2)21-13)11-5-4-6-12(9-11)15(16,17)18/h4-9,14,19H,3H2,1-2H3. The molecule has 0 fully saturated rings. The first-order valence-corrected chi connectivity index (χ1v) is 6.62.